The maximum absolute atomic E-state index is 5.89. The van der Waals surface area contributed by atoms with Crippen molar-refractivity contribution in [3.8, 4) is 17.2 Å². The van der Waals surface area contributed by atoms with Crippen LogP contribution in [0.15, 0.2) is 42.5 Å². The fourth-order valence-corrected chi connectivity index (χ4v) is 2.70. The van der Waals surface area contributed by atoms with Crippen molar-refractivity contribution in [1.82, 2.24) is 4.90 Å². The number of morpholine rings is 1. The Balaban J connectivity index is 1.52. The summed E-state index contributed by atoms with van der Waals surface area (Å²) in [5.74, 6) is 2.20. The van der Waals surface area contributed by atoms with Crippen LogP contribution in [-0.2, 0) is 4.74 Å². The van der Waals surface area contributed by atoms with Gasteiger partial charge in [0.05, 0.1) is 24.6 Å². The van der Waals surface area contributed by atoms with Crippen LogP contribution in [0.2, 0.25) is 0 Å². The van der Waals surface area contributed by atoms with Gasteiger partial charge in [0.1, 0.15) is 23.9 Å². The molecule has 4 N–H and O–H groups in total. The van der Waals surface area contributed by atoms with E-state index in [0.29, 0.717) is 29.8 Å². The average Bonchev–Trinajstić information content (AvgIpc) is 2.64. The van der Waals surface area contributed by atoms with Crippen LogP contribution in [0, 0.1) is 0 Å². The molecule has 134 valence electrons. The minimum absolute atomic E-state index is 0.359. The van der Waals surface area contributed by atoms with Crippen molar-refractivity contribution in [2.45, 2.75) is 13.0 Å². The lowest BCUT2D eigenvalue weighted by Gasteiger charge is -2.32. The normalized spacial score (nSPS) is 16.4. The Morgan fingerprint density at radius 3 is 2.28 bits per heavy atom. The Labute approximate surface area is 148 Å². The molecular formula is C19H25N3O3. The highest BCUT2D eigenvalue weighted by atomic mass is 16.5. The first-order valence-corrected chi connectivity index (χ1v) is 8.49. The van der Waals surface area contributed by atoms with Crippen molar-refractivity contribution in [2.75, 3.05) is 44.4 Å². The Hall–Kier alpha value is -2.44. The molecule has 1 saturated heterocycles. The lowest BCUT2D eigenvalue weighted by Crippen LogP contribution is -2.44. The molecule has 1 aliphatic heterocycles. The quantitative estimate of drug-likeness (QED) is 0.785. The summed E-state index contributed by atoms with van der Waals surface area (Å²) in [6.07, 6.45) is 0. The van der Waals surface area contributed by atoms with Crippen molar-refractivity contribution in [2.24, 2.45) is 0 Å². The fraction of sp³-hybridized carbons (Fsp3) is 0.368. The predicted molar refractivity (Wildman–Crippen MR) is 99.1 cm³/mol. The molecule has 0 aliphatic carbocycles. The fourth-order valence-electron chi connectivity index (χ4n) is 2.70. The molecule has 0 radical (unpaired) electrons. The average molecular weight is 343 g/mol. The maximum atomic E-state index is 5.89. The van der Waals surface area contributed by atoms with Gasteiger partial charge in [-0.15, -0.1) is 0 Å². The maximum Gasteiger partial charge on any atom is 0.129 e. The van der Waals surface area contributed by atoms with E-state index >= 15 is 0 Å². The van der Waals surface area contributed by atoms with Gasteiger partial charge in [-0.05, 0) is 43.3 Å². The predicted octanol–water partition coefficient (Wildman–Crippen LogP) is 2.74. The van der Waals surface area contributed by atoms with E-state index < -0.39 is 0 Å². The summed E-state index contributed by atoms with van der Waals surface area (Å²) in [4.78, 5) is 2.38. The van der Waals surface area contributed by atoms with E-state index in [2.05, 4.69) is 11.8 Å². The first kappa shape index (κ1) is 17.4. The van der Waals surface area contributed by atoms with Gasteiger partial charge in [0, 0.05) is 25.2 Å². The highest BCUT2D eigenvalue weighted by Crippen LogP contribution is 2.27. The van der Waals surface area contributed by atoms with Crippen LogP contribution in [0.1, 0.15) is 6.92 Å². The molecule has 1 aliphatic rings. The molecule has 0 amide bonds. The van der Waals surface area contributed by atoms with Gasteiger partial charge >= 0.3 is 0 Å². The van der Waals surface area contributed by atoms with E-state index in [1.807, 2.05) is 24.3 Å². The highest BCUT2D eigenvalue weighted by molar-refractivity contribution is 5.65. The number of nitrogens with zero attached hydrogens (tertiary/aromatic N) is 1. The number of hydrogen-bond acceptors (Lipinski definition) is 6. The number of ether oxygens (including phenoxy) is 3. The molecule has 1 fully saturated rings. The zero-order chi connectivity index (χ0) is 17.6. The number of benzene rings is 2. The van der Waals surface area contributed by atoms with Crippen molar-refractivity contribution in [1.29, 1.82) is 0 Å². The second kappa shape index (κ2) is 8.09. The molecule has 0 bridgehead atoms. The van der Waals surface area contributed by atoms with E-state index in [0.717, 1.165) is 37.8 Å². The number of rotatable bonds is 6. The molecule has 3 rings (SSSR count). The molecule has 6 heteroatoms. The molecule has 2 aromatic carbocycles. The second-order valence-electron chi connectivity index (χ2n) is 6.17. The van der Waals surface area contributed by atoms with Gasteiger partial charge in [-0.1, -0.05) is 0 Å². The van der Waals surface area contributed by atoms with E-state index in [4.69, 9.17) is 25.7 Å². The van der Waals surface area contributed by atoms with Crippen LogP contribution >= 0.6 is 0 Å². The van der Waals surface area contributed by atoms with Gasteiger partial charge in [-0.3, -0.25) is 4.90 Å². The SMILES string of the molecule is CC(COc1ccc(Oc2ccc(N)c(N)c2)cc1)N1CCOCC1. The van der Waals surface area contributed by atoms with Gasteiger partial charge < -0.3 is 25.7 Å². The number of nitrogen functional groups attached to an aromatic ring is 2. The van der Waals surface area contributed by atoms with Crippen molar-refractivity contribution < 1.29 is 14.2 Å². The van der Waals surface area contributed by atoms with E-state index in [1.165, 1.54) is 0 Å². The molecule has 0 aromatic heterocycles. The third-order valence-electron chi connectivity index (χ3n) is 4.28. The zero-order valence-electron chi connectivity index (χ0n) is 14.5. The van der Waals surface area contributed by atoms with Gasteiger partial charge in [0.25, 0.3) is 0 Å². The smallest absolute Gasteiger partial charge is 0.129 e. The van der Waals surface area contributed by atoms with E-state index in [1.54, 1.807) is 18.2 Å². The summed E-state index contributed by atoms with van der Waals surface area (Å²) in [5, 5.41) is 0. The number of nitrogens with two attached hydrogens (primary N) is 2. The van der Waals surface area contributed by atoms with Gasteiger partial charge in [0.15, 0.2) is 0 Å². The molecular weight excluding hydrogens is 318 g/mol. The van der Waals surface area contributed by atoms with E-state index in [9.17, 15) is 0 Å². The Kier molecular flexibility index (Phi) is 5.63. The zero-order valence-corrected chi connectivity index (χ0v) is 14.5. The lowest BCUT2D eigenvalue weighted by atomic mass is 10.2. The molecule has 6 nitrogen and oxygen atoms in total. The Morgan fingerprint density at radius 1 is 0.960 bits per heavy atom. The Morgan fingerprint density at radius 2 is 1.60 bits per heavy atom. The van der Waals surface area contributed by atoms with Crippen LogP contribution in [0.3, 0.4) is 0 Å². The van der Waals surface area contributed by atoms with Crippen molar-refractivity contribution in [3.63, 3.8) is 0 Å². The number of hydrogen-bond donors (Lipinski definition) is 2. The van der Waals surface area contributed by atoms with Crippen LogP contribution in [0.4, 0.5) is 11.4 Å². The topological polar surface area (TPSA) is 83.0 Å². The van der Waals surface area contributed by atoms with Gasteiger partial charge in [0.2, 0.25) is 0 Å². The van der Waals surface area contributed by atoms with Crippen LogP contribution in [0.25, 0.3) is 0 Å². The lowest BCUT2D eigenvalue weighted by molar-refractivity contribution is 0.0105. The van der Waals surface area contributed by atoms with E-state index in [-0.39, 0.29) is 0 Å². The molecule has 1 atom stereocenters. The minimum Gasteiger partial charge on any atom is -0.492 e. The second-order valence-corrected chi connectivity index (χ2v) is 6.17. The van der Waals surface area contributed by atoms with Crippen molar-refractivity contribution >= 4 is 11.4 Å². The monoisotopic (exact) mass is 343 g/mol. The summed E-state index contributed by atoms with van der Waals surface area (Å²) < 4.78 is 17.0. The van der Waals surface area contributed by atoms with Gasteiger partial charge in [-0.2, -0.15) is 0 Å². The van der Waals surface area contributed by atoms with Gasteiger partial charge in [-0.25, -0.2) is 0 Å². The molecule has 2 aromatic rings. The summed E-state index contributed by atoms with van der Waals surface area (Å²) in [7, 11) is 0. The standard InChI is InChI=1S/C19H25N3O3/c1-14(22-8-10-23-11-9-22)13-24-15-2-4-16(5-3-15)25-17-6-7-18(20)19(21)12-17/h2-7,12,14H,8-11,13,20-21H2,1H3. The molecule has 1 heterocycles. The summed E-state index contributed by atoms with van der Waals surface area (Å²) >= 11 is 0. The molecule has 1 unspecified atom stereocenters. The summed E-state index contributed by atoms with van der Waals surface area (Å²) in [5.41, 5.74) is 12.6. The van der Waals surface area contributed by atoms with Crippen molar-refractivity contribution in [3.05, 3.63) is 42.5 Å². The molecule has 0 saturated carbocycles. The van der Waals surface area contributed by atoms with Crippen LogP contribution in [-0.4, -0.2) is 43.9 Å². The first-order chi connectivity index (χ1) is 12.1. The Bertz CT molecular complexity index is 685. The highest BCUT2D eigenvalue weighted by Gasteiger charge is 2.17. The summed E-state index contributed by atoms with van der Waals surface area (Å²) in [6, 6.07) is 13.2. The molecule has 0 spiro atoms. The third-order valence-corrected chi connectivity index (χ3v) is 4.28. The summed E-state index contributed by atoms with van der Waals surface area (Å²) in [6.45, 7) is 6.34. The number of anilines is 2. The molecule has 25 heavy (non-hydrogen) atoms. The van der Waals surface area contributed by atoms with Crippen LogP contribution in [0.5, 0.6) is 17.2 Å². The first-order valence-electron chi connectivity index (χ1n) is 8.49. The largest absolute Gasteiger partial charge is 0.492 e. The van der Waals surface area contributed by atoms with Crippen LogP contribution < -0.4 is 20.9 Å². The third kappa shape index (κ3) is 4.78. The minimum atomic E-state index is 0.359.